The van der Waals surface area contributed by atoms with Crippen molar-refractivity contribution in [3.8, 4) is 11.4 Å². The van der Waals surface area contributed by atoms with Crippen molar-refractivity contribution in [2.45, 2.75) is 26.4 Å². The van der Waals surface area contributed by atoms with Gasteiger partial charge in [-0.2, -0.15) is 0 Å². The van der Waals surface area contributed by atoms with Gasteiger partial charge in [0.1, 0.15) is 5.69 Å². The first-order valence-corrected chi connectivity index (χ1v) is 6.09. The highest BCUT2D eigenvalue weighted by Crippen LogP contribution is 2.21. The summed E-state index contributed by atoms with van der Waals surface area (Å²) in [5.74, 6) is -0.271. The van der Waals surface area contributed by atoms with Gasteiger partial charge < -0.3 is 9.84 Å². The topological polar surface area (TPSA) is 60.2 Å². The first-order chi connectivity index (χ1) is 9.21. The number of aliphatic hydroxyl groups is 1. The van der Waals surface area contributed by atoms with Crippen molar-refractivity contribution >= 4 is 0 Å². The molecule has 0 saturated heterocycles. The Hall–Kier alpha value is -1.95. The molecular weight excluding hydrogens is 249 g/mol. The van der Waals surface area contributed by atoms with Crippen molar-refractivity contribution in [3.05, 3.63) is 35.4 Å². The number of nitrogens with zero attached hydrogens (tertiary/aromatic N) is 3. The minimum atomic E-state index is -0.455. The molecule has 0 unspecified atom stereocenters. The zero-order valence-electron chi connectivity index (χ0n) is 10.9. The van der Waals surface area contributed by atoms with Gasteiger partial charge in [-0.25, -0.2) is 9.07 Å². The number of ether oxygens (including phenoxy) is 1. The highest BCUT2D eigenvalue weighted by Gasteiger charge is 2.14. The van der Waals surface area contributed by atoms with Crippen molar-refractivity contribution in [2.24, 2.45) is 0 Å². The van der Waals surface area contributed by atoms with E-state index >= 15 is 0 Å². The highest BCUT2D eigenvalue weighted by molar-refractivity contribution is 5.39. The molecule has 5 nitrogen and oxygen atoms in total. The molecule has 0 amide bonds. The number of benzene rings is 1. The minimum Gasteiger partial charge on any atom is -0.494 e. The van der Waals surface area contributed by atoms with Crippen LogP contribution in [0.1, 0.15) is 24.7 Å². The summed E-state index contributed by atoms with van der Waals surface area (Å²) in [6.07, 6.45) is 1.61. The molecule has 1 aromatic carbocycles. The van der Waals surface area contributed by atoms with E-state index < -0.39 is 5.82 Å². The van der Waals surface area contributed by atoms with E-state index in [-0.39, 0.29) is 12.4 Å². The lowest BCUT2D eigenvalue weighted by Crippen LogP contribution is -2.04. The maximum Gasteiger partial charge on any atom is 0.167 e. The normalized spacial score (nSPS) is 10.7. The Morgan fingerprint density at radius 1 is 1.42 bits per heavy atom. The molecule has 0 atom stereocenters. The average molecular weight is 265 g/mol. The predicted octanol–water partition coefficient (Wildman–Crippen LogP) is 1.86. The van der Waals surface area contributed by atoms with Crippen molar-refractivity contribution in [2.75, 3.05) is 7.11 Å². The fraction of sp³-hybridized carbons (Fsp3) is 0.385. The fourth-order valence-corrected chi connectivity index (χ4v) is 1.94. The first-order valence-electron chi connectivity index (χ1n) is 6.09. The van der Waals surface area contributed by atoms with Gasteiger partial charge in [0.05, 0.1) is 25.1 Å². The quantitative estimate of drug-likeness (QED) is 0.896. The van der Waals surface area contributed by atoms with Crippen molar-refractivity contribution < 1.29 is 14.2 Å². The molecule has 1 N–H and O–H groups in total. The summed E-state index contributed by atoms with van der Waals surface area (Å²) >= 11 is 0. The molecule has 1 aromatic heterocycles. The van der Waals surface area contributed by atoms with Crippen LogP contribution in [-0.4, -0.2) is 27.2 Å². The molecule has 0 aliphatic heterocycles. The maximum absolute atomic E-state index is 13.7. The van der Waals surface area contributed by atoms with Crippen LogP contribution in [0.4, 0.5) is 4.39 Å². The summed E-state index contributed by atoms with van der Waals surface area (Å²) in [4.78, 5) is 0. The molecular formula is C13H16FN3O2. The average Bonchev–Trinajstić information content (AvgIpc) is 2.82. The van der Waals surface area contributed by atoms with Crippen molar-refractivity contribution in [3.63, 3.8) is 0 Å². The minimum absolute atomic E-state index is 0.173. The van der Waals surface area contributed by atoms with E-state index in [9.17, 15) is 9.50 Å². The predicted molar refractivity (Wildman–Crippen MR) is 67.8 cm³/mol. The van der Waals surface area contributed by atoms with E-state index in [0.717, 1.165) is 18.5 Å². The van der Waals surface area contributed by atoms with Gasteiger partial charge in [-0.1, -0.05) is 18.6 Å². The third kappa shape index (κ3) is 2.58. The van der Waals surface area contributed by atoms with Crippen LogP contribution in [0.25, 0.3) is 5.69 Å². The van der Waals surface area contributed by atoms with Gasteiger partial charge >= 0.3 is 0 Å². The van der Waals surface area contributed by atoms with Crippen LogP contribution in [0.15, 0.2) is 18.2 Å². The van der Waals surface area contributed by atoms with E-state index in [2.05, 4.69) is 10.3 Å². The maximum atomic E-state index is 13.7. The second-order valence-electron chi connectivity index (χ2n) is 4.12. The Labute approximate surface area is 110 Å². The van der Waals surface area contributed by atoms with Gasteiger partial charge in [-0.15, -0.1) is 5.10 Å². The number of hydrogen-bond acceptors (Lipinski definition) is 4. The highest BCUT2D eigenvalue weighted by atomic mass is 19.1. The Balaban J connectivity index is 2.46. The Morgan fingerprint density at radius 2 is 2.21 bits per heavy atom. The fourth-order valence-electron chi connectivity index (χ4n) is 1.94. The summed E-state index contributed by atoms with van der Waals surface area (Å²) in [6, 6.07) is 4.59. The molecule has 1 heterocycles. The van der Waals surface area contributed by atoms with Crippen LogP contribution < -0.4 is 4.74 Å². The Morgan fingerprint density at radius 3 is 2.79 bits per heavy atom. The van der Waals surface area contributed by atoms with Crippen LogP contribution in [0.5, 0.6) is 5.75 Å². The molecule has 2 rings (SSSR count). The smallest absolute Gasteiger partial charge is 0.167 e. The molecule has 0 fully saturated rings. The summed E-state index contributed by atoms with van der Waals surface area (Å²) in [6.45, 7) is 1.85. The Bertz CT molecular complexity index is 569. The number of aliphatic hydroxyl groups excluding tert-OH is 1. The van der Waals surface area contributed by atoms with E-state index in [4.69, 9.17) is 4.74 Å². The Kier molecular flexibility index (Phi) is 4.11. The van der Waals surface area contributed by atoms with Crippen LogP contribution in [0, 0.1) is 5.82 Å². The zero-order valence-corrected chi connectivity index (χ0v) is 10.9. The largest absolute Gasteiger partial charge is 0.494 e. The number of halogens is 1. The van der Waals surface area contributed by atoms with Crippen molar-refractivity contribution in [1.82, 2.24) is 15.0 Å². The monoisotopic (exact) mass is 265 g/mol. The standard InChI is InChI=1S/C13H16FN3O2/c1-3-4-12-11(8-18)15-16-17(12)9-5-6-13(19-2)10(14)7-9/h5-7,18H,3-4,8H2,1-2H3. The lowest BCUT2D eigenvalue weighted by molar-refractivity contribution is 0.275. The zero-order chi connectivity index (χ0) is 13.8. The van der Waals surface area contributed by atoms with Gasteiger partial charge in [-0.05, 0) is 18.6 Å². The molecule has 0 aliphatic rings. The van der Waals surface area contributed by atoms with E-state index in [1.54, 1.807) is 16.8 Å². The molecule has 0 bridgehead atoms. The van der Waals surface area contributed by atoms with Gasteiger partial charge in [0.25, 0.3) is 0 Å². The lowest BCUT2D eigenvalue weighted by Gasteiger charge is -2.08. The van der Waals surface area contributed by atoms with Gasteiger partial charge in [0, 0.05) is 6.07 Å². The number of hydrogen-bond donors (Lipinski definition) is 1. The third-order valence-corrected chi connectivity index (χ3v) is 2.86. The molecule has 0 spiro atoms. The molecule has 0 aliphatic carbocycles. The SMILES string of the molecule is CCCc1c(CO)nnn1-c1ccc(OC)c(F)c1. The third-order valence-electron chi connectivity index (χ3n) is 2.86. The summed E-state index contributed by atoms with van der Waals surface area (Å²) in [5.41, 5.74) is 1.89. The van der Waals surface area contributed by atoms with Gasteiger partial charge in [0.2, 0.25) is 0 Å². The van der Waals surface area contributed by atoms with E-state index in [0.29, 0.717) is 11.4 Å². The number of rotatable bonds is 5. The van der Waals surface area contributed by atoms with E-state index in [1.165, 1.54) is 13.2 Å². The van der Waals surface area contributed by atoms with E-state index in [1.807, 2.05) is 6.92 Å². The molecule has 6 heteroatoms. The van der Waals surface area contributed by atoms with Gasteiger partial charge in [-0.3, -0.25) is 0 Å². The molecule has 0 radical (unpaired) electrons. The lowest BCUT2D eigenvalue weighted by atomic mass is 10.2. The summed E-state index contributed by atoms with van der Waals surface area (Å²) in [5, 5.41) is 17.1. The van der Waals surface area contributed by atoms with Crippen LogP contribution in [0.2, 0.25) is 0 Å². The second-order valence-corrected chi connectivity index (χ2v) is 4.12. The molecule has 19 heavy (non-hydrogen) atoms. The van der Waals surface area contributed by atoms with Crippen LogP contribution in [0.3, 0.4) is 0 Å². The molecule has 0 saturated carbocycles. The second kappa shape index (κ2) is 5.79. The number of methoxy groups -OCH3 is 1. The number of aromatic nitrogens is 3. The van der Waals surface area contributed by atoms with Gasteiger partial charge in [0.15, 0.2) is 11.6 Å². The molecule has 2 aromatic rings. The first kappa shape index (κ1) is 13.5. The summed E-state index contributed by atoms with van der Waals surface area (Å²) in [7, 11) is 1.42. The molecule has 102 valence electrons. The van der Waals surface area contributed by atoms with Crippen LogP contribution >= 0.6 is 0 Å². The summed E-state index contributed by atoms with van der Waals surface area (Å²) < 4.78 is 20.1. The van der Waals surface area contributed by atoms with Crippen LogP contribution in [-0.2, 0) is 13.0 Å². The van der Waals surface area contributed by atoms with Crippen molar-refractivity contribution in [1.29, 1.82) is 0 Å².